The van der Waals surface area contributed by atoms with Gasteiger partial charge in [-0.15, -0.1) is 0 Å². The normalized spacial score (nSPS) is 10.4. The number of benzene rings is 2. The van der Waals surface area contributed by atoms with Crippen molar-refractivity contribution in [2.24, 2.45) is 0 Å². The van der Waals surface area contributed by atoms with Gasteiger partial charge in [0, 0.05) is 35.2 Å². The molecule has 4 nitrogen and oxygen atoms in total. The Kier molecular flexibility index (Phi) is 6.71. The number of anilines is 3. The molecule has 134 valence electrons. The van der Waals surface area contributed by atoms with E-state index in [2.05, 4.69) is 35.4 Å². The van der Waals surface area contributed by atoms with Gasteiger partial charge in [0.05, 0.1) is 6.54 Å². The van der Waals surface area contributed by atoms with Crippen molar-refractivity contribution < 1.29 is 4.79 Å². The Labute approximate surface area is 155 Å². The maximum absolute atomic E-state index is 12.2. The fourth-order valence-electron chi connectivity index (χ4n) is 2.77. The van der Waals surface area contributed by atoms with Crippen molar-refractivity contribution >= 4 is 34.6 Å². The minimum atomic E-state index is -0.0759. The second kappa shape index (κ2) is 8.77. The van der Waals surface area contributed by atoms with Crippen LogP contribution in [0.4, 0.5) is 17.1 Å². The highest BCUT2D eigenvalue weighted by molar-refractivity contribution is 6.30. The molecule has 2 N–H and O–H groups in total. The van der Waals surface area contributed by atoms with Crippen LogP contribution in [0.15, 0.2) is 36.4 Å². The van der Waals surface area contributed by atoms with E-state index >= 15 is 0 Å². The largest absolute Gasteiger partial charge is 0.376 e. The minimum absolute atomic E-state index is 0.0759. The second-order valence-electron chi connectivity index (χ2n) is 6.03. The first-order chi connectivity index (χ1) is 11.9. The van der Waals surface area contributed by atoms with E-state index in [4.69, 9.17) is 11.6 Å². The van der Waals surface area contributed by atoms with Gasteiger partial charge in [-0.3, -0.25) is 4.79 Å². The molecule has 0 radical (unpaired) electrons. The van der Waals surface area contributed by atoms with Crippen LogP contribution in [0, 0.1) is 13.8 Å². The lowest BCUT2D eigenvalue weighted by atomic mass is 10.1. The minimum Gasteiger partial charge on any atom is -0.376 e. The van der Waals surface area contributed by atoms with Crippen LogP contribution in [0.1, 0.15) is 25.0 Å². The molecule has 5 heteroatoms. The third-order valence-corrected chi connectivity index (χ3v) is 4.48. The zero-order chi connectivity index (χ0) is 18.4. The van der Waals surface area contributed by atoms with E-state index < -0.39 is 0 Å². The summed E-state index contributed by atoms with van der Waals surface area (Å²) in [6.07, 6.45) is 0. The highest BCUT2D eigenvalue weighted by Gasteiger charge is 2.08. The third-order valence-electron chi connectivity index (χ3n) is 4.24. The monoisotopic (exact) mass is 359 g/mol. The van der Waals surface area contributed by atoms with Crippen molar-refractivity contribution in [2.75, 3.05) is 35.2 Å². The maximum atomic E-state index is 12.2. The summed E-state index contributed by atoms with van der Waals surface area (Å²) in [7, 11) is 0. The Morgan fingerprint density at radius 3 is 2.24 bits per heavy atom. The van der Waals surface area contributed by atoms with Crippen LogP contribution in [-0.2, 0) is 4.79 Å². The molecule has 0 aliphatic carbocycles. The molecule has 0 bridgehead atoms. The lowest BCUT2D eigenvalue weighted by molar-refractivity contribution is -0.114. The standard InChI is InChI=1S/C20H26ClN3O/c1-5-24(6-2)17-8-10-19(15(4)12-17)23-20(25)13-22-18-9-7-16(21)11-14(18)3/h7-12,22H,5-6,13H2,1-4H3,(H,23,25). The van der Waals surface area contributed by atoms with Crippen molar-refractivity contribution in [1.29, 1.82) is 0 Å². The van der Waals surface area contributed by atoms with Crippen molar-refractivity contribution in [3.05, 3.63) is 52.5 Å². The summed E-state index contributed by atoms with van der Waals surface area (Å²) in [5.41, 5.74) is 5.00. The number of halogens is 1. The molecule has 0 atom stereocenters. The SMILES string of the molecule is CCN(CC)c1ccc(NC(=O)CNc2ccc(Cl)cc2C)c(C)c1. The lowest BCUT2D eigenvalue weighted by Gasteiger charge is -2.22. The molecule has 0 spiro atoms. The van der Waals surface area contributed by atoms with Gasteiger partial charge in [-0.1, -0.05) is 11.6 Å². The summed E-state index contributed by atoms with van der Waals surface area (Å²) in [6, 6.07) is 11.7. The van der Waals surface area contributed by atoms with E-state index in [1.54, 1.807) is 0 Å². The average Bonchev–Trinajstić information content (AvgIpc) is 2.57. The zero-order valence-electron chi connectivity index (χ0n) is 15.3. The van der Waals surface area contributed by atoms with Gasteiger partial charge in [0.15, 0.2) is 0 Å². The van der Waals surface area contributed by atoms with Crippen molar-refractivity contribution in [1.82, 2.24) is 0 Å². The molecule has 2 rings (SSSR count). The number of carbonyl (C=O) groups is 1. The number of amides is 1. The molecular weight excluding hydrogens is 334 g/mol. The number of aryl methyl sites for hydroxylation is 2. The summed E-state index contributed by atoms with van der Waals surface area (Å²) in [5.74, 6) is -0.0759. The Bertz CT molecular complexity index is 742. The quantitative estimate of drug-likeness (QED) is 0.742. The van der Waals surface area contributed by atoms with E-state index in [1.807, 2.05) is 44.2 Å². The molecule has 2 aromatic rings. The van der Waals surface area contributed by atoms with E-state index in [0.29, 0.717) is 5.02 Å². The molecular formula is C20H26ClN3O. The first kappa shape index (κ1) is 19.1. The number of rotatable bonds is 7. The predicted molar refractivity (Wildman–Crippen MR) is 108 cm³/mol. The molecule has 0 unspecified atom stereocenters. The van der Waals surface area contributed by atoms with E-state index in [1.165, 1.54) is 5.69 Å². The van der Waals surface area contributed by atoms with Gasteiger partial charge >= 0.3 is 0 Å². The molecule has 0 aliphatic heterocycles. The number of hydrogen-bond acceptors (Lipinski definition) is 3. The number of nitrogens with zero attached hydrogens (tertiary/aromatic N) is 1. The Balaban J connectivity index is 1.98. The van der Waals surface area contributed by atoms with Gasteiger partial charge in [-0.25, -0.2) is 0 Å². The molecule has 2 aromatic carbocycles. The molecule has 0 aliphatic rings. The highest BCUT2D eigenvalue weighted by Crippen LogP contribution is 2.23. The van der Waals surface area contributed by atoms with E-state index in [9.17, 15) is 4.79 Å². The molecule has 0 aromatic heterocycles. The Morgan fingerprint density at radius 1 is 1.00 bits per heavy atom. The van der Waals surface area contributed by atoms with Gasteiger partial charge in [0.25, 0.3) is 0 Å². The fraction of sp³-hybridized carbons (Fsp3) is 0.350. The molecule has 0 fully saturated rings. The van der Waals surface area contributed by atoms with Crippen LogP contribution in [0.25, 0.3) is 0 Å². The van der Waals surface area contributed by atoms with Crippen LogP contribution in [0.2, 0.25) is 5.02 Å². The molecule has 0 heterocycles. The zero-order valence-corrected chi connectivity index (χ0v) is 16.1. The Morgan fingerprint density at radius 2 is 1.64 bits per heavy atom. The highest BCUT2D eigenvalue weighted by atomic mass is 35.5. The van der Waals surface area contributed by atoms with Gasteiger partial charge < -0.3 is 15.5 Å². The molecule has 0 saturated heterocycles. The van der Waals surface area contributed by atoms with Crippen LogP contribution >= 0.6 is 11.6 Å². The van der Waals surface area contributed by atoms with Crippen LogP contribution in [0.5, 0.6) is 0 Å². The van der Waals surface area contributed by atoms with Crippen LogP contribution in [0.3, 0.4) is 0 Å². The number of nitrogens with one attached hydrogen (secondary N) is 2. The molecule has 25 heavy (non-hydrogen) atoms. The maximum Gasteiger partial charge on any atom is 0.243 e. The van der Waals surface area contributed by atoms with Gasteiger partial charge in [0.1, 0.15) is 0 Å². The smallest absolute Gasteiger partial charge is 0.243 e. The summed E-state index contributed by atoms with van der Waals surface area (Å²) in [4.78, 5) is 14.5. The third kappa shape index (κ3) is 5.13. The Hall–Kier alpha value is -2.20. The summed E-state index contributed by atoms with van der Waals surface area (Å²) >= 11 is 5.95. The van der Waals surface area contributed by atoms with Crippen LogP contribution in [-0.4, -0.2) is 25.5 Å². The predicted octanol–water partition coefficient (Wildman–Crippen LogP) is 4.85. The first-order valence-corrected chi connectivity index (χ1v) is 8.97. The fourth-order valence-corrected chi connectivity index (χ4v) is 3.00. The summed E-state index contributed by atoms with van der Waals surface area (Å²) in [5, 5.41) is 6.81. The molecule has 1 amide bonds. The summed E-state index contributed by atoms with van der Waals surface area (Å²) in [6.45, 7) is 10.4. The van der Waals surface area contributed by atoms with Crippen molar-refractivity contribution in [3.63, 3.8) is 0 Å². The van der Waals surface area contributed by atoms with Crippen molar-refractivity contribution in [2.45, 2.75) is 27.7 Å². The van der Waals surface area contributed by atoms with Crippen molar-refractivity contribution in [3.8, 4) is 0 Å². The summed E-state index contributed by atoms with van der Waals surface area (Å²) < 4.78 is 0. The molecule has 0 saturated carbocycles. The second-order valence-corrected chi connectivity index (χ2v) is 6.47. The van der Waals surface area contributed by atoms with E-state index in [-0.39, 0.29) is 12.5 Å². The van der Waals surface area contributed by atoms with Crippen LogP contribution < -0.4 is 15.5 Å². The average molecular weight is 360 g/mol. The number of carbonyl (C=O) groups excluding carboxylic acids is 1. The van der Waals surface area contributed by atoms with Gasteiger partial charge in [-0.05, 0) is 75.2 Å². The van der Waals surface area contributed by atoms with E-state index in [0.717, 1.165) is 35.6 Å². The number of hydrogen-bond donors (Lipinski definition) is 2. The topological polar surface area (TPSA) is 44.4 Å². The lowest BCUT2D eigenvalue weighted by Crippen LogP contribution is -2.23. The van der Waals surface area contributed by atoms with Gasteiger partial charge in [0.2, 0.25) is 5.91 Å². The van der Waals surface area contributed by atoms with Gasteiger partial charge in [-0.2, -0.15) is 0 Å². The first-order valence-electron chi connectivity index (χ1n) is 8.60.